The molecule has 3 heteroatoms. The third-order valence-corrected chi connectivity index (χ3v) is 3.36. The van der Waals surface area contributed by atoms with Gasteiger partial charge in [-0.1, -0.05) is 20.8 Å². The summed E-state index contributed by atoms with van der Waals surface area (Å²) >= 11 is 0. The number of carbonyl (C=O) groups excluding carboxylic acids is 1. The molecular weight excluding hydrogens is 190 g/mol. The smallest absolute Gasteiger partial charge is 0.410 e. The topological polar surface area (TPSA) is 29.5 Å². The maximum absolute atomic E-state index is 11.8. The number of ether oxygens (including phenoxy) is 1. The van der Waals surface area contributed by atoms with Gasteiger partial charge in [0.1, 0.15) is 0 Å². The van der Waals surface area contributed by atoms with Crippen LogP contribution in [0.1, 0.15) is 47.5 Å². The predicted molar refractivity (Wildman–Crippen MR) is 60.8 cm³/mol. The summed E-state index contributed by atoms with van der Waals surface area (Å²) in [6.45, 7) is 10.7. The Kier molecular flexibility index (Phi) is 3.04. The Balaban J connectivity index is 2.97. The predicted octanol–water partition coefficient (Wildman–Crippen LogP) is 3.04. The second-order valence-electron chi connectivity index (χ2n) is 6.07. The van der Waals surface area contributed by atoms with Gasteiger partial charge in [-0.05, 0) is 32.1 Å². The lowest BCUT2D eigenvalue weighted by molar-refractivity contribution is 0.0503. The molecular formula is C12H23NO2. The minimum atomic E-state index is -0.197. The number of nitrogens with zero attached hydrogens (tertiary/aromatic N) is 1. The van der Waals surface area contributed by atoms with Gasteiger partial charge in [0.05, 0.1) is 7.11 Å². The monoisotopic (exact) mass is 213 g/mol. The molecule has 1 amide bonds. The second kappa shape index (κ2) is 3.69. The molecule has 1 atom stereocenters. The van der Waals surface area contributed by atoms with E-state index in [9.17, 15) is 4.79 Å². The van der Waals surface area contributed by atoms with E-state index in [1.54, 1.807) is 0 Å². The van der Waals surface area contributed by atoms with Gasteiger partial charge in [-0.15, -0.1) is 0 Å². The van der Waals surface area contributed by atoms with Crippen molar-refractivity contribution in [2.24, 2.45) is 5.41 Å². The van der Waals surface area contributed by atoms with Crippen LogP contribution in [0.25, 0.3) is 0 Å². The SMILES string of the molecule is COC(=O)N1C(C(C)(C)C)CCC1(C)C. The summed E-state index contributed by atoms with van der Waals surface area (Å²) in [4.78, 5) is 13.7. The number of rotatable bonds is 0. The summed E-state index contributed by atoms with van der Waals surface area (Å²) in [6.07, 6.45) is 1.91. The molecule has 0 aromatic carbocycles. The lowest BCUT2D eigenvalue weighted by atomic mass is 9.85. The molecule has 1 rings (SSSR count). The third kappa shape index (κ3) is 2.27. The van der Waals surface area contributed by atoms with Gasteiger partial charge in [0, 0.05) is 11.6 Å². The highest BCUT2D eigenvalue weighted by atomic mass is 16.5. The average Bonchev–Trinajstić information content (AvgIpc) is 2.39. The summed E-state index contributed by atoms with van der Waals surface area (Å²) in [7, 11) is 1.45. The molecule has 1 fully saturated rings. The first-order chi connectivity index (χ1) is 6.70. The van der Waals surface area contributed by atoms with Crippen LogP contribution in [0, 0.1) is 5.41 Å². The summed E-state index contributed by atoms with van der Waals surface area (Å²) in [6, 6.07) is 0.278. The first-order valence-corrected chi connectivity index (χ1v) is 5.57. The second-order valence-corrected chi connectivity index (χ2v) is 6.07. The molecule has 3 nitrogen and oxygen atoms in total. The molecule has 1 aliphatic rings. The summed E-state index contributed by atoms with van der Waals surface area (Å²) in [5, 5.41) is 0. The van der Waals surface area contributed by atoms with E-state index in [-0.39, 0.29) is 23.1 Å². The van der Waals surface area contributed by atoms with E-state index in [4.69, 9.17) is 4.74 Å². The van der Waals surface area contributed by atoms with Gasteiger partial charge in [-0.25, -0.2) is 4.79 Å². The Bertz CT molecular complexity index is 253. The first kappa shape index (κ1) is 12.3. The van der Waals surface area contributed by atoms with Crippen LogP contribution < -0.4 is 0 Å². The van der Waals surface area contributed by atoms with Gasteiger partial charge in [-0.2, -0.15) is 0 Å². The van der Waals surface area contributed by atoms with Crippen LogP contribution in [0.5, 0.6) is 0 Å². The minimum absolute atomic E-state index is 0.0783. The molecule has 1 aliphatic heterocycles. The molecule has 0 spiro atoms. The molecule has 0 radical (unpaired) electrons. The highest BCUT2D eigenvalue weighted by Crippen LogP contribution is 2.41. The van der Waals surface area contributed by atoms with Crippen molar-refractivity contribution in [3.63, 3.8) is 0 Å². The van der Waals surface area contributed by atoms with Crippen molar-refractivity contribution >= 4 is 6.09 Å². The van der Waals surface area contributed by atoms with Gasteiger partial charge < -0.3 is 4.74 Å². The van der Waals surface area contributed by atoms with E-state index in [1.165, 1.54) is 7.11 Å². The van der Waals surface area contributed by atoms with E-state index in [0.29, 0.717) is 0 Å². The van der Waals surface area contributed by atoms with Crippen LogP contribution in [-0.2, 0) is 4.74 Å². The zero-order valence-electron chi connectivity index (χ0n) is 10.8. The fourth-order valence-corrected chi connectivity index (χ4v) is 2.45. The van der Waals surface area contributed by atoms with Gasteiger partial charge in [-0.3, -0.25) is 4.90 Å². The summed E-state index contributed by atoms with van der Waals surface area (Å²) < 4.78 is 4.88. The number of carbonyl (C=O) groups is 1. The van der Waals surface area contributed by atoms with E-state index in [2.05, 4.69) is 34.6 Å². The Labute approximate surface area is 92.8 Å². The zero-order chi connectivity index (χ0) is 11.9. The Morgan fingerprint density at radius 3 is 2.33 bits per heavy atom. The number of hydrogen-bond donors (Lipinski definition) is 0. The normalized spacial score (nSPS) is 25.5. The van der Waals surface area contributed by atoms with Crippen molar-refractivity contribution in [1.82, 2.24) is 4.90 Å². The quantitative estimate of drug-likeness (QED) is 0.619. The van der Waals surface area contributed by atoms with E-state index in [0.717, 1.165) is 12.8 Å². The van der Waals surface area contributed by atoms with Crippen LogP contribution in [0.3, 0.4) is 0 Å². The first-order valence-electron chi connectivity index (χ1n) is 5.57. The molecule has 0 aromatic rings. The van der Waals surface area contributed by atoms with Crippen LogP contribution in [0.15, 0.2) is 0 Å². The van der Waals surface area contributed by atoms with Gasteiger partial charge >= 0.3 is 6.09 Å². The number of hydrogen-bond acceptors (Lipinski definition) is 2. The van der Waals surface area contributed by atoms with Gasteiger partial charge in [0.25, 0.3) is 0 Å². The molecule has 88 valence electrons. The minimum Gasteiger partial charge on any atom is -0.453 e. The van der Waals surface area contributed by atoms with Crippen molar-refractivity contribution in [3.05, 3.63) is 0 Å². The van der Waals surface area contributed by atoms with Crippen LogP contribution in [-0.4, -0.2) is 29.7 Å². The third-order valence-electron chi connectivity index (χ3n) is 3.36. The van der Waals surface area contributed by atoms with Gasteiger partial charge in [0.15, 0.2) is 0 Å². The Hall–Kier alpha value is -0.730. The number of methoxy groups -OCH3 is 1. The maximum Gasteiger partial charge on any atom is 0.410 e. The molecule has 0 saturated carbocycles. The molecule has 1 heterocycles. The average molecular weight is 213 g/mol. The number of amides is 1. The standard InChI is InChI=1S/C12H23NO2/c1-11(2,3)9-7-8-12(4,5)13(9)10(14)15-6/h9H,7-8H2,1-6H3. The highest BCUT2D eigenvalue weighted by molar-refractivity contribution is 5.69. The number of likely N-dealkylation sites (tertiary alicyclic amines) is 1. The van der Waals surface area contributed by atoms with Gasteiger partial charge in [0.2, 0.25) is 0 Å². The van der Waals surface area contributed by atoms with Crippen molar-refractivity contribution in [3.8, 4) is 0 Å². The van der Waals surface area contributed by atoms with Crippen molar-refractivity contribution < 1.29 is 9.53 Å². The van der Waals surface area contributed by atoms with Crippen LogP contribution in [0.2, 0.25) is 0 Å². The van der Waals surface area contributed by atoms with Crippen molar-refractivity contribution in [2.45, 2.75) is 59.0 Å². The van der Waals surface area contributed by atoms with E-state index in [1.807, 2.05) is 4.90 Å². The largest absolute Gasteiger partial charge is 0.453 e. The molecule has 0 aliphatic carbocycles. The lowest BCUT2D eigenvalue weighted by Crippen LogP contribution is -2.51. The molecule has 0 N–H and O–H groups in total. The lowest BCUT2D eigenvalue weighted by Gasteiger charge is -2.40. The summed E-state index contributed by atoms with van der Waals surface area (Å²) in [5.41, 5.74) is 0.0347. The Morgan fingerprint density at radius 1 is 1.40 bits per heavy atom. The van der Waals surface area contributed by atoms with Crippen molar-refractivity contribution in [2.75, 3.05) is 7.11 Å². The highest BCUT2D eigenvalue weighted by Gasteiger charge is 2.47. The van der Waals surface area contributed by atoms with E-state index >= 15 is 0 Å². The molecule has 1 saturated heterocycles. The molecule has 1 unspecified atom stereocenters. The van der Waals surface area contributed by atoms with Crippen LogP contribution >= 0.6 is 0 Å². The summed E-state index contributed by atoms with van der Waals surface area (Å²) in [5.74, 6) is 0. The molecule has 0 bridgehead atoms. The van der Waals surface area contributed by atoms with E-state index < -0.39 is 0 Å². The van der Waals surface area contributed by atoms with Crippen molar-refractivity contribution in [1.29, 1.82) is 0 Å². The fraction of sp³-hybridized carbons (Fsp3) is 0.917. The molecule has 15 heavy (non-hydrogen) atoms. The Morgan fingerprint density at radius 2 is 1.93 bits per heavy atom. The zero-order valence-corrected chi connectivity index (χ0v) is 10.8. The maximum atomic E-state index is 11.8. The van der Waals surface area contributed by atoms with Crippen LogP contribution in [0.4, 0.5) is 4.79 Å². The molecule has 0 aromatic heterocycles. The fourth-order valence-electron chi connectivity index (χ4n) is 2.45.